The molecule has 0 saturated heterocycles. The monoisotopic (exact) mass is 946 g/mol. The maximum Gasteiger partial charge on any atom is 0.160 e. The number of hydrogen-bond donors (Lipinski definition) is 0. The summed E-state index contributed by atoms with van der Waals surface area (Å²) in [5, 5.41) is 2.13. The zero-order chi connectivity index (χ0) is 48.7. The summed E-state index contributed by atoms with van der Waals surface area (Å²) in [6, 6.07) is 81.0. The van der Waals surface area contributed by atoms with Crippen LogP contribution >= 0.6 is 0 Å². The normalized spacial score (nSPS) is 14.2. The van der Waals surface area contributed by atoms with Crippen LogP contribution in [0.5, 0.6) is 0 Å². The Labute approximate surface area is 427 Å². The highest BCUT2D eigenvalue weighted by Crippen LogP contribution is 2.57. The fraction of sp³-hybridized carbons (Fsp3) is 0.0294. The molecular formula is C68H42N4O2. The van der Waals surface area contributed by atoms with E-state index in [9.17, 15) is 0 Å². The first-order valence-corrected chi connectivity index (χ1v) is 25.1. The molecule has 6 nitrogen and oxygen atoms in total. The standard InChI is InChI=1S/C68H42N4O2/c1-3-17-41(18-4-1)59-37-61(47-23-9-7-21-45(47)57-39-73-63-29-15-13-25-49(57)63)71-67(69-59)43-31-33-53-55(35-43)65-51-27-11-12-28-52(51)66(53)56-36-44(32-34-54(56)65)68-70-60(42-19-5-2-6-20-42)38-62(72-68)48-24-10-8-22-46(48)58-40-74-64-30-16-14-26-50(58)64/h1-40,65-66H. The molecule has 13 aromatic rings. The third-order valence-electron chi connectivity index (χ3n) is 15.1. The van der Waals surface area contributed by atoms with Gasteiger partial charge in [0, 0.05) is 67.1 Å². The van der Waals surface area contributed by atoms with Crippen molar-refractivity contribution in [3.05, 3.63) is 276 Å². The zero-order valence-corrected chi connectivity index (χ0v) is 39.9. The van der Waals surface area contributed by atoms with Crippen LogP contribution in [0.1, 0.15) is 45.2 Å². The molecule has 0 saturated carbocycles. The lowest BCUT2D eigenvalue weighted by Crippen LogP contribution is -2.27. The maximum atomic E-state index is 6.06. The molecule has 0 aliphatic heterocycles. The molecule has 0 amide bonds. The second kappa shape index (κ2) is 16.9. The third-order valence-corrected chi connectivity index (χ3v) is 15.1. The van der Waals surface area contributed by atoms with Crippen LogP contribution in [0.4, 0.5) is 0 Å². The van der Waals surface area contributed by atoms with Gasteiger partial charge in [-0.1, -0.05) is 194 Å². The van der Waals surface area contributed by atoms with Crippen molar-refractivity contribution in [3.63, 3.8) is 0 Å². The molecule has 3 aliphatic carbocycles. The molecule has 0 N–H and O–H groups in total. The Kier molecular flexibility index (Phi) is 9.60. The predicted octanol–water partition coefficient (Wildman–Crippen LogP) is 17.1. The molecule has 4 aromatic heterocycles. The van der Waals surface area contributed by atoms with Crippen LogP contribution in [-0.2, 0) is 0 Å². The van der Waals surface area contributed by atoms with E-state index in [4.69, 9.17) is 28.8 Å². The van der Waals surface area contributed by atoms with E-state index in [0.717, 1.165) is 100 Å². The largest absolute Gasteiger partial charge is 0.464 e. The van der Waals surface area contributed by atoms with Crippen molar-refractivity contribution in [3.8, 4) is 90.1 Å². The first-order chi connectivity index (χ1) is 36.7. The van der Waals surface area contributed by atoms with Gasteiger partial charge in [-0.15, -0.1) is 0 Å². The zero-order valence-electron chi connectivity index (χ0n) is 39.9. The number of benzene rings is 9. The van der Waals surface area contributed by atoms with Gasteiger partial charge in [-0.2, -0.15) is 0 Å². The highest BCUT2D eigenvalue weighted by atomic mass is 16.3. The van der Waals surface area contributed by atoms with Gasteiger partial charge >= 0.3 is 0 Å². The average molecular weight is 947 g/mol. The predicted molar refractivity (Wildman–Crippen MR) is 295 cm³/mol. The van der Waals surface area contributed by atoms with E-state index in [0.29, 0.717) is 11.6 Å². The van der Waals surface area contributed by atoms with Gasteiger partial charge in [0.05, 0.1) is 35.3 Å². The number of hydrogen-bond acceptors (Lipinski definition) is 6. The summed E-state index contributed by atoms with van der Waals surface area (Å²) in [7, 11) is 0. The minimum Gasteiger partial charge on any atom is -0.464 e. The molecule has 346 valence electrons. The number of para-hydroxylation sites is 2. The van der Waals surface area contributed by atoms with Crippen LogP contribution in [0.3, 0.4) is 0 Å². The molecule has 2 atom stereocenters. The van der Waals surface area contributed by atoms with Gasteiger partial charge in [0.1, 0.15) is 11.2 Å². The van der Waals surface area contributed by atoms with E-state index in [1.54, 1.807) is 0 Å². The van der Waals surface area contributed by atoms with Crippen LogP contribution in [0.2, 0.25) is 0 Å². The first-order valence-electron chi connectivity index (χ1n) is 25.1. The SMILES string of the molecule is c1ccc(-c2cc(-c3ccccc3-c3coc4ccccc34)nc(-c3ccc4c(c3)C3c5ccccc5C4c4cc(-c5nc(-c6ccccc6)cc(-c6ccccc6-c6coc7ccccc67)n5)ccc43)n2)cc1. The minimum atomic E-state index is 0.00543. The Morgan fingerprint density at radius 3 is 1.08 bits per heavy atom. The Balaban J connectivity index is 0.860. The topological polar surface area (TPSA) is 77.8 Å². The number of aromatic nitrogens is 4. The number of rotatable bonds is 8. The molecule has 74 heavy (non-hydrogen) atoms. The van der Waals surface area contributed by atoms with Crippen molar-refractivity contribution in [2.75, 3.05) is 0 Å². The summed E-state index contributed by atoms with van der Waals surface area (Å²) >= 11 is 0. The summed E-state index contributed by atoms with van der Waals surface area (Å²) in [6.45, 7) is 0. The molecule has 0 fully saturated rings. The fourth-order valence-electron chi connectivity index (χ4n) is 11.7. The van der Waals surface area contributed by atoms with Gasteiger partial charge in [0.15, 0.2) is 11.6 Å². The maximum absolute atomic E-state index is 6.06. The Hall–Kier alpha value is -9.78. The second-order valence-electron chi connectivity index (χ2n) is 19.2. The van der Waals surface area contributed by atoms with Gasteiger partial charge in [-0.25, -0.2) is 19.9 Å². The van der Waals surface area contributed by atoms with Gasteiger partial charge < -0.3 is 8.83 Å². The van der Waals surface area contributed by atoms with Gasteiger partial charge in [-0.05, 0) is 80.9 Å². The minimum absolute atomic E-state index is 0.00543. The average Bonchev–Trinajstić information content (AvgIpc) is 4.16. The van der Waals surface area contributed by atoms with Gasteiger partial charge in [-0.3, -0.25) is 0 Å². The highest BCUT2D eigenvalue weighted by Gasteiger charge is 2.41. The summed E-state index contributed by atoms with van der Waals surface area (Å²) in [4.78, 5) is 21.5. The van der Waals surface area contributed by atoms with E-state index in [2.05, 4.69) is 194 Å². The molecule has 16 rings (SSSR count). The molecule has 2 unspecified atom stereocenters. The number of fused-ring (bicyclic) bond motifs is 2. The Morgan fingerprint density at radius 1 is 0.257 bits per heavy atom. The van der Waals surface area contributed by atoms with Crippen molar-refractivity contribution in [2.24, 2.45) is 0 Å². The van der Waals surface area contributed by atoms with Crippen LogP contribution in [0.25, 0.3) is 112 Å². The van der Waals surface area contributed by atoms with E-state index in [-0.39, 0.29) is 11.8 Å². The van der Waals surface area contributed by atoms with E-state index < -0.39 is 0 Å². The van der Waals surface area contributed by atoms with Crippen molar-refractivity contribution >= 4 is 21.9 Å². The Morgan fingerprint density at radius 2 is 0.622 bits per heavy atom. The Bertz CT molecular complexity index is 4070. The number of furan rings is 2. The van der Waals surface area contributed by atoms with Crippen molar-refractivity contribution in [1.82, 2.24) is 19.9 Å². The fourth-order valence-corrected chi connectivity index (χ4v) is 11.7. The summed E-state index contributed by atoms with van der Waals surface area (Å²) in [5.41, 5.74) is 23.1. The lowest BCUT2D eigenvalue weighted by molar-refractivity contribution is 0.616. The summed E-state index contributed by atoms with van der Waals surface area (Å²) in [5.74, 6) is 1.36. The third kappa shape index (κ3) is 6.80. The van der Waals surface area contributed by atoms with Crippen LogP contribution in [0.15, 0.2) is 252 Å². The molecule has 3 aliphatic rings. The smallest absolute Gasteiger partial charge is 0.160 e. The number of nitrogens with zero attached hydrogens (tertiary/aromatic N) is 4. The van der Waals surface area contributed by atoms with E-state index in [1.165, 1.54) is 33.4 Å². The molecule has 0 spiro atoms. The van der Waals surface area contributed by atoms with E-state index >= 15 is 0 Å². The van der Waals surface area contributed by atoms with Crippen molar-refractivity contribution in [2.45, 2.75) is 11.8 Å². The molecule has 9 aromatic carbocycles. The molecule has 6 heteroatoms. The molecule has 4 heterocycles. The lowest BCUT2D eigenvalue weighted by atomic mass is 9.61. The van der Waals surface area contributed by atoms with Crippen LogP contribution in [-0.4, -0.2) is 19.9 Å². The molecule has 0 radical (unpaired) electrons. The van der Waals surface area contributed by atoms with E-state index in [1.807, 2.05) is 48.9 Å². The van der Waals surface area contributed by atoms with Crippen LogP contribution < -0.4 is 0 Å². The summed E-state index contributed by atoms with van der Waals surface area (Å²) < 4.78 is 12.1. The molecule has 2 bridgehead atoms. The highest BCUT2D eigenvalue weighted by molar-refractivity contribution is 6.00. The molecular weight excluding hydrogens is 905 g/mol. The second-order valence-corrected chi connectivity index (χ2v) is 19.2. The van der Waals surface area contributed by atoms with Crippen LogP contribution in [0, 0.1) is 0 Å². The first kappa shape index (κ1) is 42.0. The van der Waals surface area contributed by atoms with Gasteiger partial charge in [0.25, 0.3) is 0 Å². The van der Waals surface area contributed by atoms with Crippen molar-refractivity contribution in [1.29, 1.82) is 0 Å². The summed E-state index contributed by atoms with van der Waals surface area (Å²) in [6.07, 6.45) is 3.72. The van der Waals surface area contributed by atoms with Gasteiger partial charge in [0.2, 0.25) is 0 Å². The lowest BCUT2D eigenvalue weighted by Gasteiger charge is -2.42. The van der Waals surface area contributed by atoms with Crippen molar-refractivity contribution < 1.29 is 8.83 Å². The quantitative estimate of drug-likeness (QED) is 0.151.